The lowest BCUT2D eigenvalue weighted by atomic mass is 9.88. The number of rotatable bonds is 7. The van der Waals surface area contributed by atoms with Crippen molar-refractivity contribution in [3.8, 4) is 0 Å². The van der Waals surface area contributed by atoms with Crippen LogP contribution in [0.15, 0.2) is 6.33 Å². The zero-order valence-corrected chi connectivity index (χ0v) is 12.7. The Morgan fingerprint density at radius 1 is 1.28 bits per heavy atom. The summed E-state index contributed by atoms with van der Waals surface area (Å²) in [6, 6.07) is 0.526. The molecule has 104 valence electrons. The highest BCUT2D eigenvalue weighted by Gasteiger charge is 2.21. The second-order valence-corrected chi connectivity index (χ2v) is 6.63. The van der Waals surface area contributed by atoms with Crippen LogP contribution < -0.4 is 5.32 Å². The van der Waals surface area contributed by atoms with Crippen molar-refractivity contribution in [2.45, 2.75) is 60.5 Å². The van der Waals surface area contributed by atoms with E-state index in [-0.39, 0.29) is 5.41 Å². The lowest BCUT2D eigenvalue weighted by Gasteiger charge is -2.26. The highest BCUT2D eigenvalue weighted by atomic mass is 15.3. The molecule has 0 aromatic carbocycles. The molecule has 0 saturated carbocycles. The number of nitrogens with zero attached hydrogens (tertiary/aromatic N) is 3. The normalized spacial score (nSPS) is 12.7. The summed E-state index contributed by atoms with van der Waals surface area (Å²) in [7, 11) is 0. The van der Waals surface area contributed by atoms with Crippen molar-refractivity contribution in [1.29, 1.82) is 0 Å². The molecule has 0 aliphatic carbocycles. The van der Waals surface area contributed by atoms with Crippen molar-refractivity contribution < 1.29 is 0 Å². The van der Waals surface area contributed by atoms with Crippen molar-refractivity contribution in [1.82, 2.24) is 20.1 Å². The van der Waals surface area contributed by atoms with Crippen molar-refractivity contribution >= 4 is 0 Å². The van der Waals surface area contributed by atoms with E-state index >= 15 is 0 Å². The number of hydrogen-bond acceptors (Lipinski definition) is 3. The second-order valence-electron chi connectivity index (χ2n) is 6.63. The molecule has 4 nitrogen and oxygen atoms in total. The minimum atomic E-state index is 0.200. The maximum Gasteiger partial charge on any atom is 0.138 e. The van der Waals surface area contributed by atoms with Crippen LogP contribution in [0.5, 0.6) is 0 Å². The molecule has 0 aliphatic heterocycles. The molecule has 1 rings (SSSR count). The van der Waals surface area contributed by atoms with E-state index in [2.05, 4.69) is 56.9 Å². The van der Waals surface area contributed by atoms with Crippen LogP contribution in [-0.4, -0.2) is 27.4 Å². The van der Waals surface area contributed by atoms with Gasteiger partial charge < -0.3 is 5.32 Å². The summed E-state index contributed by atoms with van der Waals surface area (Å²) < 4.78 is 2.04. The molecule has 0 fully saturated rings. The van der Waals surface area contributed by atoms with Gasteiger partial charge in [-0.3, -0.25) is 0 Å². The molecule has 0 amide bonds. The topological polar surface area (TPSA) is 42.7 Å². The van der Waals surface area contributed by atoms with Gasteiger partial charge in [-0.2, -0.15) is 5.10 Å². The Hall–Kier alpha value is -0.900. The zero-order valence-electron chi connectivity index (χ0n) is 12.7. The molecule has 0 bridgehead atoms. The molecule has 1 aromatic heterocycles. The molecule has 0 atom stereocenters. The molecule has 0 aliphatic rings. The van der Waals surface area contributed by atoms with Crippen molar-refractivity contribution in [3.63, 3.8) is 0 Å². The second kappa shape index (κ2) is 6.32. The van der Waals surface area contributed by atoms with Crippen LogP contribution in [0.4, 0.5) is 0 Å². The quantitative estimate of drug-likeness (QED) is 0.811. The van der Waals surface area contributed by atoms with Crippen LogP contribution in [0.3, 0.4) is 0 Å². The summed E-state index contributed by atoms with van der Waals surface area (Å²) in [5.74, 6) is 1.70. The first-order chi connectivity index (χ1) is 8.30. The van der Waals surface area contributed by atoms with Gasteiger partial charge in [-0.05, 0) is 11.3 Å². The van der Waals surface area contributed by atoms with Gasteiger partial charge in [0.2, 0.25) is 0 Å². The number of hydrogen-bond donors (Lipinski definition) is 1. The van der Waals surface area contributed by atoms with Crippen molar-refractivity contribution in [2.24, 2.45) is 11.3 Å². The van der Waals surface area contributed by atoms with E-state index in [9.17, 15) is 0 Å². The third-order valence-electron chi connectivity index (χ3n) is 2.86. The molecular formula is C14H28N4. The minimum Gasteiger partial charge on any atom is -0.314 e. The number of aromatic nitrogens is 3. The van der Waals surface area contributed by atoms with E-state index in [0.29, 0.717) is 12.0 Å². The average Bonchev–Trinajstić information content (AvgIpc) is 2.61. The molecular weight excluding hydrogens is 224 g/mol. The van der Waals surface area contributed by atoms with E-state index in [1.807, 2.05) is 4.68 Å². The van der Waals surface area contributed by atoms with E-state index < -0.39 is 0 Å². The Balaban J connectivity index is 2.62. The molecule has 0 radical (unpaired) electrons. The van der Waals surface area contributed by atoms with Gasteiger partial charge in [0.15, 0.2) is 0 Å². The van der Waals surface area contributed by atoms with E-state index in [4.69, 9.17) is 0 Å². The fraction of sp³-hybridized carbons (Fsp3) is 0.857. The lowest BCUT2D eigenvalue weighted by Crippen LogP contribution is -2.35. The van der Waals surface area contributed by atoms with Crippen LogP contribution in [0, 0.1) is 11.3 Å². The maximum atomic E-state index is 4.41. The van der Waals surface area contributed by atoms with Crippen LogP contribution in [0.2, 0.25) is 0 Å². The van der Waals surface area contributed by atoms with Crippen molar-refractivity contribution in [3.05, 3.63) is 12.2 Å². The monoisotopic (exact) mass is 252 g/mol. The number of nitrogens with one attached hydrogen (secondary N) is 1. The molecule has 0 spiro atoms. The summed E-state index contributed by atoms with van der Waals surface area (Å²) >= 11 is 0. The molecule has 18 heavy (non-hydrogen) atoms. The first-order valence-corrected chi connectivity index (χ1v) is 6.90. The van der Waals surface area contributed by atoms with Gasteiger partial charge in [-0.15, -0.1) is 0 Å². The summed E-state index contributed by atoms with van der Waals surface area (Å²) in [6.45, 7) is 15.3. The molecule has 1 N–H and O–H groups in total. The fourth-order valence-corrected chi connectivity index (χ4v) is 1.89. The van der Waals surface area contributed by atoms with Crippen LogP contribution in [0.25, 0.3) is 0 Å². The smallest absolute Gasteiger partial charge is 0.138 e. The van der Waals surface area contributed by atoms with Gasteiger partial charge in [0.25, 0.3) is 0 Å². The molecule has 0 saturated heterocycles. The minimum absolute atomic E-state index is 0.200. The Labute approximate surface area is 111 Å². The summed E-state index contributed by atoms with van der Waals surface area (Å²) in [5.41, 5.74) is 0.200. The highest BCUT2D eigenvalue weighted by Crippen LogP contribution is 2.20. The lowest BCUT2D eigenvalue weighted by molar-refractivity contribution is 0.310. The third-order valence-corrected chi connectivity index (χ3v) is 2.86. The molecule has 4 heteroatoms. The zero-order chi connectivity index (χ0) is 13.8. The van der Waals surface area contributed by atoms with Crippen molar-refractivity contribution in [2.75, 3.05) is 6.54 Å². The molecule has 1 aromatic rings. The van der Waals surface area contributed by atoms with Gasteiger partial charge in [-0.25, -0.2) is 9.67 Å². The van der Waals surface area contributed by atoms with Gasteiger partial charge in [0.05, 0.1) is 0 Å². The first-order valence-electron chi connectivity index (χ1n) is 6.90. The first kappa shape index (κ1) is 15.2. The van der Waals surface area contributed by atoms with E-state index in [1.54, 1.807) is 6.33 Å². The van der Waals surface area contributed by atoms with Crippen LogP contribution in [0.1, 0.15) is 47.4 Å². The van der Waals surface area contributed by atoms with E-state index in [0.717, 1.165) is 25.3 Å². The largest absolute Gasteiger partial charge is 0.314 e. The van der Waals surface area contributed by atoms with Gasteiger partial charge >= 0.3 is 0 Å². The fourth-order valence-electron chi connectivity index (χ4n) is 1.89. The van der Waals surface area contributed by atoms with Gasteiger partial charge in [0, 0.05) is 25.6 Å². The average molecular weight is 252 g/mol. The Kier molecular flexibility index (Phi) is 5.32. The third kappa shape index (κ3) is 5.17. The summed E-state index contributed by atoms with van der Waals surface area (Å²) in [4.78, 5) is 4.41. The maximum absolute atomic E-state index is 4.41. The Morgan fingerprint density at radius 3 is 2.50 bits per heavy atom. The Morgan fingerprint density at radius 2 is 1.94 bits per heavy atom. The summed E-state index contributed by atoms with van der Waals surface area (Å²) in [6.07, 6.45) is 2.63. The van der Waals surface area contributed by atoms with Gasteiger partial charge in [-0.1, -0.05) is 41.5 Å². The van der Waals surface area contributed by atoms with Crippen LogP contribution in [-0.2, 0) is 13.0 Å². The molecule has 1 heterocycles. The van der Waals surface area contributed by atoms with E-state index in [1.165, 1.54) is 0 Å². The van der Waals surface area contributed by atoms with Gasteiger partial charge in [0.1, 0.15) is 12.2 Å². The standard InChI is InChI=1S/C14H28N4/c1-11(2)8-18-13(16-10-17-18)7-14(5,6)9-15-12(3)4/h10-12,15H,7-9H2,1-6H3. The highest BCUT2D eigenvalue weighted by molar-refractivity contribution is 4.92. The van der Waals surface area contributed by atoms with Crippen LogP contribution >= 0.6 is 0 Å². The SMILES string of the molecule is CC(C)Cn1ncnc1CC(C)(C)CNC(C)C. The predicted molar refractivity (Wildman–Crippen MR) is 75.5 cm³/mol. The summed E-state index contributed by atoms with van der Waals surface area (Å²) in [5, 5.41) is 7.82. The molecule has 0 unspecified atom stereocenters. The predicted octanol–water partition coefficient (Wildman–Crippen LogP) is 2.50. The Bertz CT molecular complexity index is 352.